The topological polar surface area (TPSA) is 75.6 Å². The molecule has 16 heavy (non-hydrogen) atoms. The van der Waals surface area contributed by atoms with E-state index in [2.05, 4.69) is 9.97 Å². The summed E-state index contributed by atoms with van der Waals surface area (Å²) in [5.74, 6) is 0.769. The van der Waals surface area contributed by atoms with E-state index in [4.69, 9.17) is 11.0 Å². The van der Waals surface area contributed by atoms with E-state index in [0.29, 0.717) is 11.4 Å². The van der Waals surface area contributed by atoms with E-state index in [-0.39, 0.29) is 5.82 Å². The molecule has 0 unspecified atom stereocenters. The van der Waals surface area contributed by atoms with Crippen molar-refractivity contribution >= 4 is 5.82 Å². The summed E-state index contributed by atoms with van der Waals surface area (Å²) in [5, 5.41) is 8.72. The van der Waals surface area contributed by atoms with E-state index in [1.165, 1.54) is 6.20 Å². The van der Waals surface area contributed by atoms with E-state index in [1.54, 1.807) is 0 Å². The van der Waals surface area contributed by atoms with Crippen molar-refractivity contribution in [3.8, 4) is 17.5 Å². The standard InChI is InChI=1S/C12H10N4/c1-8-4-2-3-5-10(8)12-15-7-9(6-13)11(14)16-12/h2-5,7H,1H3,(H2,14,15,16). The van der Waals surface area contributed by atoms with E-state index < -0.39 is 0 Å². The molecule has 0 amide bonds. The molecule has 1 aromatic heterocycles. The summed E-state index contributed by atoms with van der Waals surface area (Å²) >= 11 is 0. The van der Waals surface area contributed by atoms with Crippen molar-refractivity contribution in [3.63, 3.8) is 0 Å². The van der Waals surface area contributed by atoms with Gasteiger partial charge in [0.05, 0.1) is 6.20 Å². The van der Waals surface area contributed by atoms with Crippen molar-refractivity contribution in [2.24, 2.45) is 0 Å². The maximum atomic E-state index is 8.72. The fraction of sp³-hybridized carbons (Fsp3) is 0.0833. The predicted octanol–water partition coefficient (Wildman–Crippen LogP) is 1.91. The van der Waals surface area contributed by atoms with Crippen LogP contribution in [0.2, 0.25) is 0 Å². The lowest BCUT2D eigenvalue weighted by Gasteiger charge is -2.04. The molecule has 0 atom stereocenters. The van der Waals surface area contributed by atoms with E-state index in [9.17, 15) is 0 Å². The number of hydrogen-bond donors (Lipinski definition) is 1. The van der Waals surface area contributed by atoms with Crippen molar-refractivity contribution in [1.82, 2.24) is 9.97 Å². The zero-order valence-electron chi connectivity index (χ0n) is 8.81. The highest BCUT2D eigenvalue weighted by molar-refractivity contribution is 5.62. The minimum Gasteiger partial charge on any atom is -0.382 e. The maximum absolute atomic E-state index is 8.72. The number of anilines is 1. The van der Waals surface area contributed by atoms with Gasteiger partial charge in [-0.3, -0.25) is 0 Å². The number of nitrogens with two attached hydrogens (primary N) is 1. The molecule has 0 aliphatic rings. The van der Waals surface area contributed by atoms with Crippen molar-refractivity contribution in [2.45, 2.75) is 6.92 Å². The lowest BCUT2D eigenvalue weighted by atomic mass is 10.1. The van der Waals surface area contributed by atoms with Crippen LogP contribution in [0.4, 0.5) is 5.82 Å². The van der Waals surface area contributed by atoms with E-state index in [0.717, 1.165) is 11.1 Å². The van der Waals surface area contributed by atoms with Gasteiger partial charge in [0.1, 0.15) is 17.5 Å². The van der Waals surface area contributed by atoms with Gasteiger partial charge in [-0.05, 0) is 12.5 Å². The van der Waals surface area contributed by atoms with Gasteiger partial charge in [-0.1, -0.05) is 24.3 Å². The van der Waals surface area contributed by atoms with Gasteiger partial charge >= 0.3 is 0 Å². The quantitative estimate of drug-likeness (QED) is 0.780. The van der Waals surface area contributed by atoms with Gasteiger partial charge in [0, 0.05) is 5.56 Å². The number of aromatic nitrogens is 2. The van der Waals surface area contributed by atoms with Crippen molar-refractivity contribution in [3.05, 3.63) is 41.6 Å². The average Bonchev–Trinajstić information content (AvgIpc) is 2.29. The lowest BCUT2D eigenvalue weighted by molar-refractivity contribution is 1.16. The van der Waals surface area contributed by atoms with Crippen molar-refractivity contribution < 1.29 is 0 Å². The van der Waals surface area contributed by atoms with Crippen molar-refractivity contribution in [1.29, 1.82) is 5.26 Å². The molecule has 0 radical (unpaired) electrons. The molecule has 0 spiro atoms. The third-order valence-electron chi connectivity index (χ3n) is 2.32. The molecule has 4 nitrogen and oxygen atoms in total. The Bertz CT molecular complexity index is 569. The van der Waals surface area contributed by atoms with Gasteiger partial charge in [0.25, 0.3) is 0 Å². The van der Waals surface area contributed by atoms with Gasteiger partial charge in [0.2, 0.25) is 0 Å². The van der Waals surface area contributed by atoms with E-state index >= 15 is 0 Å². The maximum Gasteiger partial charge on any atom is 0.161 e. The van der Waals surface area contributed by atoms with Crippen molar-refractivity contribution in [2.75, 3.05) is 5.73 Å². The molecule has 2 N–H and O–H groups in total. The molecule has 1 heterocycles. The Hall–Kier alpha value is -2.41. The van der Waals surface area contributed by atoms with Crippen LogP contribution in [0.15, 0.2) is 30.5 Å². The van der Waals surface area contributed by atoms with Crippen LogP contribution in [0.5, 0.6) is 0 Å². The molecule has 0 aliphatic heterocycles. The first-order chi connectivity index (χ1) is 7.72. The molecule has 4 heteroatoms. The molecule has 1 aromatic carbocycles. The van der Waals surface area contributed by atoms with Gasteiger partial charge in [-0.2, -0.15) is 5.26 Å². The number of rotatable bonds is 1. The number of nitrogen functional groups attached to an aromatic ring is 1. The van der Waals surface area contributed by atoms with Crippen LogP contribution < -0.4 is 5.73 Å². The van der Waals surface area contributed by atoms with Crippen LogP contribution in [0.1, 0.15) is 11.1 Å². The number of benzene rings is 1. The SMILES string of the molecule is Cc1ccccc1-c1ncc(C#N)c(N)n1. The minimum absolute atomic E-state index is 0.218. The Balaban J connectivity index is 2.55. The molecule has 0 fully saturated rings. The molecule has 2 aromatic rings. The second kappa shape index (κ2) is 3.99. The molecule has 0 saturated carbocycles. The monoisotopic (exact) mass is 210 g/mol. The molecular formula is C12H10N4. The Labute approximate surface area is 93.4 Å². The Kier molecular flexibility index (Phi) is 2.52. The van der Waals surface area contributed by atoms with Crippen LogP contribution in [0.3, 0.4) is 0 Å². The Morgan fingerprint density at radius 2 is 2.06 bits per heavy atom. The third-order valence-corrected chi connectivity index (χ3v) is 2.32. The van der Waals surface area contributed by atoms with Gasteiger partial charge in [-0.15, -0.1) is 0 Å². The van der Waals surface area contributed by atoms with Crippen LogP contribution in [-0.4, -0.2) is 9.97 Å². The van der Waals surface area contributed by atoms with E-state index in [1.807, 2.05) is 37.3 Å². The normalized spacial score (nSPS) is 9.75. The minimum atomic E-state index is 0.218. The fourth-order valence-electron chi connectivity index (χ4n) is 1.43. The van der Waals surface area contributed by atoms with Crippen LogP contribution in [0.25, 0.3) is 11.4 Å². The van der Waals surface area contributed by atoms with Crippen LogP contribution in [-0.2, 0) is 0 Å². The highest BCUT2D eigenvalue weighted by Gasteiger charge is 2.07. The number of hydrogen-bond acceptors (Lipinski definition) is 4. The summed E-state index contributed by atoms with van der Waals surface area (Å²) < 4.78 is 0. The first-order valence-corrected chi connectivity index (χ1v) is 4.81. The average molecular weight is 210 g/mol. The molecule has 0 bridgehead atoms. The Morgan fingerprint density at radius 3 is 2.69 bits per heavy atom. The summed E-state index contributed by atoms with van der Waals surface area (Å²) in [6.45, 7) is 1.98. The lowest BCUT2D eigenvalue weighted by Crippen LogP contribution is -1.99. The summed E-state index contributed by atoms with van der Waals surface area (Å²) in [6.07, 6.45) is 1.45. The second-order valence-corrected chi connectivity index (χ2v) is 3.42. The number of aryl methyl sites for hydroxylation is 1. The number of nitrogens with zero attached hydrogens (tertiary/aromatic N) is 3. The van der Waals surface area contributed by atoms with Gasteiger partial charge < -0.3 is 5.73 Å². The van der Waals surface area contributed by atoms with Gasteiger partial charge in [-0.25, -0.2) is 9.97 Å². The molecular weight excluding hydrogens is 200 g/mol. The van der Waals surface area contributed by atoms with Gasteiger partial charge in [0.15, 0.2) is 5.82 Å². The Morgan fingerprint density at radius 1 is 1.31 bits per heavy atom. The first kappa shape index (κ1) is 10.1. The fourth-order valence-corrected chi connectivity index (χ4v) is 1.43. The zero-order valence-corrected chi connectivity index (χ0v) is 8.81. The summed E-state index contributed by atoms with van der Waals surface area (Å²) in [6, 6.07) is 9.71. The number of nitriles is 1. The molecule has 0 aliphatic carbocycles. The summed E-state index contributed by atoms with van der Waals surface area (Å²) in [5.41, 5.74) is 7.95. The largest absolute Gasteiger partial charge is 0.382 e. The first-order valence-electron chi connectivity index (χ1n) is 4.81. The highest BCUT2D eigenvalue weighted by Crippen LogP contribution is 2.20. The summed E-state index contributed by atoms with van der Waals surface area (Å²) in [4.78, 5) is 8.25. The van der Waals surface area contributed by atoms with Crippen LogP contribution in [0, 0.1) is 18.3 Å². The molecule has 2 rings (SSSR count). The molecule has 78 valence electrons. The molecule has 0 saturated heterocycles. The smallest absolute Gasteiger partial charge is 0.161 e. The highest BCUT2D eigenvalue weighted by atomic mass is 14.9. The second-order valence-electron chi connectivity index (χ2n) is 3.42. The zero-order chi connectivity index (χ0) is 11.5. The van der Waals surface area contributed by atoms with Crippen LogP contribution >= 0.6 is 0 Å². The predicted molar refractivity (Wildman–Crippen MR) is 61.3 cm³/mol. The summed E-state index contributed by atoms with van der Waals surface area (Å²) in [7, 11) is 0. The third kappa shape index (κ3) is 1.71.